The van der Waals surface area contributed by atoms with Crippen molar-refractivity contribution in [3.05, 3.63) is 0 Å². The molecule has 7 heterocycles. The molecule has 0 unspecified atom stereocenters. The van der Waals surface area contributed by atoms with Crippen LogP contribution in [0, 0.1) is 0 Å². The summed E-state index contributed by atoms with van der Waals surface area (Å²) in [5.74, 6) is -2.66. The van der Waals surface area contributed by atoms with Crippen molar-refractivity contribution in [3.8, 4) is 0 Å². The van der Waals surface area contributed by atoms with Gasteiger partial charge in [-0.1, -0.05) is 0 Å². The van der Waals surface area contributed by atoms with Crippen molar-refractivity contribution >= 4 is 28.1 Å². The Bertz CT molecular complexity index is 2430. The molecular formula is C48H81N3O38S. The Labute approximate surface area is 510 Å². The quantitative estimate of drug-likeness (QED) is 0.0422. The molecule has 0 bridgehead atoms. The van der Waals surface area contributed by atoms with Crippen LogP contribution in [-0.4, -0.2) is 377 Å². The molecule has 0 radical (unpaired) electrons. The van der Waals surface area contributed by atoms with Crippen molar-refractivity contribution in [2.45, 2.75) is 242 Å². The lowest BCUT2D eigenvalue weighted by molar-refractivity contribution is -0.403. The number of hydrogen-bond acceptors (Lipinski definition) is 37. The largest absolute Gasteiger partial charge is 0.397 e. The number of carbonyl (C=O) groups excluding carboxylic acids is 3. The first kappa shape index (κ1) is 74.4. The van der Waals surface area contributed by atoms with Gasteiger partial charge in [-0.05, 0) is 6.92 Å². The minimum Gasteiger partial charge on any atom is -0.394 e. The van der Waals surface area contributed by atoms with Crippen molar-refractivity contribution in [1.82, 2.24) is 16.0 Å². The Morgan fingerprint density at radius 2 is 0.733 bits per heavy atom. The van der Waals surface area contributed by atoms with Crippen molar-refractivity contribution < 1.29 is 185 Å². The Morgan fingerprint density at radius 1 is 0.367 bits per heavy atom. The molecule has 0 aromatic carbocycles. The summed E-state index contributed by atoms with van der Waals surface area (Å²) in [5, 5.41) is 204. The van der Waals surface area contributed by atoms with Crippen LogP contribution in [-0.2, 0) is 90.5 Å². The molecule has 90 heavy (non-hydrogen) atoms. The van der Waals surface area contributed by atoms with E-state index in [1.165, 1.54) is 6.92 Å². The van der Waals surface area contributed by atoms with Crippen molar-refractivity contribution in [2.75, 3.05) is 39.6 Å². The van der Waals surface area contributed by atoms with Crippen molar-refractivity contribution in [2.24, 2.45) is 0 Å². The lowest BCUT2D eigenvalue weighted by Crippen LogP contribution is -2.70. The highest BCUT2D eigenvalue weighted by Gasteiger charge is 2.59. The molecule has 0 aliphatic carbocycles. The summed E-state index contributed by atoms with van der Waals surface area (Å²) in [5.41, 5.74) is 0. The molecule has 42 heteroatoms. The Morgan fingerprint density at radius 3 is 1.22 bits per heavy atom. The maximum Gasteiger partial charge on any atom is 0.397 e. The van der Waals surface area contributed by atoms with E-state index in [1.54, 1.807) is 0 Å². The smallest absolute Gasteiger partial charge is 0.394 e. The second-order valence-corrected chi connectivity index (χ2v) is 23.5. The number of aliphatic hydroxyl groups excluding tert-OH is 18. The second kappa shape index (κ2) is 31.7. The Kier molecular flexibility index (Phi) is 26.2. The molecule has 522 valence electrons. The lowest BCUT2D eigenvalue weighted by atomic mass is 9.94. The van der Waals surface area contributed by atoms with E-state index in [0.717, 1.165) is 20.8 Å². The maximum absolute atomic E-state index is 12.8. The van der Waals surface area contributed by atoms with Gasteiger partial charge in [-0.15, -0.1) is 0 Å². The van der Waals surface area contributed by atoms with Crippen LogP contribution in [0.1, 0.15) is 27.7 Å². The van der Waals surface area contributed by atoms with Gasteiger partial charge in [-0.3, -0.25) is 18.9 Å². The Hall–Kier alpha value is -2.96. The number of nitrogens with one attached hydrogen (secondary N) is 3. The van der Waals surface area contributed by atoms with Gasteiger partial charge >= 0.3 is 10.4 Å². The van der Waals surface area contributed by atoms with E-state index in [2.05, 4.69) is 20.1 Å². The van der Waals surface area contributed by atoms with Gasteiger partial charge in [0.15, 0.2) is 44.0 Å². The van der Waals surface area contributed by atoms with Crippen LogP contribution in [0.2, 0.25) is 0 Å². The summed E-state index contributed by atoms with van der Waals surface area (Å²) in [7, 11) is -5.18. The van der Waals surface area contributed by atoms with E-state index in [1.807, 2.05) is 0 Å². The van der Waals surface area contributed by atoms with E-state index >= 15 is 0 Å². The van der Waals surface area contributed by atoms with E-state index in [9.17, 15) is 119 Å². The summed E-state index contributed by atoms with van der Waals surface area (Å²) >= 11 is 0. The van der Waals surface area contributed by atoms with E-state index in [-0.39, 0.29) is 0 Å². The molecule has 0 aromatic heterocycles. The van der Waals surface area contributed by atoms with E-state index < -0.39 is 283 Å². The highest BCUT2D eigenvalue weighted by Crippen LogP contribution is 2.38. The fourth-order valence-corrected chi connectivity index (χ4v) is 11.4. The first-order valence-electron chi connectivity index (χ1n) is 28.1. The van der Waals surface area contributed by atoms with Gasteiger partial charge < -0.3 is 169 Å². The molecule has 0 aromatic rings. The highest BCUT2D eigenvalue weighted by molar-refractivity contribution is 7.80. The summed E-state index contributed by atoms with van der Waals surface area (Å²) in [6.45, 7) is -2.09. The molecule has 22 N–H and O–H groups in total. The van der Waals surface area contributed by atoms with Gasteiger partial charge in [0.25, 0.3) is 0 Å². The number of ether oxygens (including phenoxy) is 13. The zero-order valence-electron chi connectivity index (χ0n) is 48.1. The van der Waals surface area contributed by atoms with Gasteiger partial charge in [-0.25, -0.2) is 4.18 Å². The highest BCUT2D eigenvalue weighted by atomic mass is 32.3. The van der Waals surface area contributed by atoms with Gasteiger partial charge in [0.1, 0.15) is 165 Å². The lowest BCUT2D eigenvalue weighted by Gasteiger charge is -2.51. The van der Waals surface area contributed by atoms with Gasteiger partial charge in [0, 0.05) is 20.8 Å². The zero-order valence-corrected chi connectivity index (χ0v) is 48.9. The minimum absolute atomic E-state index is 0.843. The molecule has 0 saturated carbocycles. The molecule has 7 rings (SSSR count). The predicted molar refractivity (Wildman–Crippen MR) is 276 cm³/mol. The molecule has 3 amide bonds. The number of hydrogen-bond donors (Lipinski definition) is 22. The number of rotatable bonds is 23. The van der Waals surface area contributed by atoms with Crippen molar-refractivity contribution in [3.63, 3.8) is 0 Å². The molecule has 41 nitrogen and oxygen atoms in total. The SMILES string of the molecule is CC(=O)N[C@@H]1[C@@H](O[C@@H]2O[C@H](CO[C@@H]3O[C@H](CO)[C@@H](O[C@@H]4O[C@H](CO)[C@H](O)[C@H](O)[C@H]4O)[C@H](O)[C@H]3NC(C)=O)[C@H](O)[C@H](O[C@@H]3O[C@H](CO)[C@H](O)[C@H](O)[C@H]3O)[C@H]2O[C@@H]2O[C@@H](C)[C@@H](O)[C@@H](O)[C@@H]2O)[C@@H](O)[C@@H](CO[C@@H]2O[C@H](COS(=O)(=O)O)[C@@H](O)[C@H](O)[C@H]2NC(C)=O)O[C@H]1O. The number of amides is 3. The molecule has 7 aliphatic rings. The standard InChI is InChI=1S/C48H81N3O38S/c1-11-24(58)32(66)35(69)45(79-11)89-41-40(88-47-37(71)34(68)26(60)16(6-53)82-47)29(63)19(9-77-44-22(50-13(3)56)31(65)38(17(7-54)83-44)86-46-36(70)33(67)25(59)15(5-52)81-46)85-48(41)87-39-23(51-14(4)57)42(72)80-18(28(39)62)8-76-43-21(49-12(2)55)30(64)27(61)20(84-43)10-78-90(73,74)75/h11,15-48,52-54,58-72H,5-10H2,1-4H3,(H,49,55)(H,50,56)(H,51,57)(H,73,74,75)/t11-,15+,16+,17+,18+,19+,20+,21+,22+,23+,24+,25-,26-,27+,28-,29-,30+,31+,32+,33-,34-,35-,36+,37+,38+,39+,40-,41+,42+,43+,44+,45-,46-,47-,48-/m0/s1. The fraction of sp³-hybridized carbons (Fsp3) is 0.938. The summed E-state index contributed by atoms with van der Waals surface area (Å²) in [6.07, 6.45) is -64.6. The monoisotopic (exact) mass is 1340 g/mol. The molecule has 7 fully saturated rings. The first-order valence-corrected chi connectivity index (χ1v) is 29.5. The van der Waals surface area contributed by atoms with Gasteiger partial charge in [-0.2, -0.15) is 8.42 Å². The van der Waals surface area contributed by atoms with Gasteiger partial charge in [0.2, 0.25) is 17.7 Å². The van der Waals surface area contributed by atoms with Crippen LogP contribution in [0.25, 0.3) is 0 Å². The first-order chi connectivity index (χ1) is 42.2. The summed E-state index contributed by atoms with van der Waals surface area (Å²) < 4.78 is 113. The van der Waals surface area contributed by atoms with Crippen LogP contribution in [0.4, 0.5) is 0 Å². The molecule has 35 atom stereocenters. The molecule has 7 saturated heterocycles. The third-order valence-corrected chi connectivity index (χ3v) is 16.3. The Balaban J connectivity index is 1.26. The average Bonchev–Trinajstić information content (AvgIpc) is 0.789. The van der Waals surface area contributed by atoms with Crippen LogP contribution >= 0.6 is 0 Å². The topological polar surface area (TPSA) is 635 Å². The average molecular weight is 1340 g/mol. The van der Waals surface area contributed by atoms with E-state index in [0.29, 0.717) is 0 Å². The predicted octanol–water partition coefficient (Wildman–Crippen LogP) is -15.0. The van der Waals surface area contributed by atoms with Crippen LogP contribution in [0.15, 0.2) is 0 Å². The normalized spacial score (nSPS) is 47.9. The second-order valence-electron chi connectivity index (χ2n) is 22.4. The third-order valence-electron chi connectivity index (χ3n) is 15.9. The molecule has 0 spiro atoms. The summed E-state index contributed by atoms with van der Waals surface area (Å²) in [4.78, 5) is 37.9. The fourth-order valence-electron chi connectivity index (χ4n) is 11.1. The summed E-state index contributed by atoms with van der Waals surface area (Å²) in [6, 6.07) is -5.42. The van der Waals surface area contributed by atoms with Gasteiger partial charge in [0.05, 0.1) is 45.7 Å². The van der Waals surface area contributed by atoms with E-state index in [4.69, 9.17) is 61.6 Å². The maximum atomic E-state index is 12.8. The van der Waals surface area contributed by atoms with Crippen LogP contribution in [0.5, 0.6) is 0 Å². The zero-order chi connectivity index (χ0) is 66.7. The molecular weight excluding hydrogens is 1260 g/mol. The van der Waals surface area contributed by atoms with Crippen LogP contribution in [0.3, 0.4) is 0 Å². The van der Waals surface area contributed by atoms with Crippen LogP contribution < -0.4 is 16.0 Å². The number of carbonyl (C=O) groups is 3. The molecule has 7 aliphatic heterocycles. The third kappa shape index (κ3) is 17.2. The number of aliphatic hydroxyl groups is 18. The minimum atomic E-state index is -5.18. The van der Waals surface area contributed by atoms with Crippen molar-refractivity contribution in [1.29, 1.82) is 0 Å².